The van der Waals surface area contributed by atoms with Crippen LogP contribution >= 0.6 is 7.82 Å². The molecule has 8 nitrogen and oxygen atoms in total. The van der Waals surface area contributed by atoms with E-state index in [2.05, 4.69) is 104 Å². The number of hydrogen-bond acceptors (Lipinski definition) is 6. The molecule has 78 heavy (non-hydrogen) atoms. The zero-order valence-electron chi connectivity index (χ0n) is 51.6. The lowest BCUT2D eigenvalue weighted by molar-refractivity contribution is -0.870. The van der Waals surface area contributed by atoms with Crippen molar-refractivity contribution >= 4 is 13.7 Å². The van der Waals surface area contributed by atoms with E-state index in [1.807, 2.05) is 27.2 Å². The van der Waals surface area contributed by atoms with Crippen molar-refractivity contribution in [1.29, 1.82) is 0 Å². The van der Waals surface area contributed by atoms with Gasteiger partial charge in [0.1, 0.15) is 13.2 Å². The van der Waals surface area contributed by atoms with Crippen LogP contribution in [0.2, 0.25) is 0 Å². The highest BCUT2D eigenvalue weighted by Gasteiger charge is 2.23. The molecular formula is C69H125N2O6P. The largest absolute Gasteiger partial charge is 0.756 e. The Labute approximate surface area is 483 Å². The van der Waals surface area contributed by atoms with Gasteiger partial charge < -0.3 is 28.8 Å². The summed E-state index contributed by atoms with van der Waals surface area (Å²) in [5, 5.41) is 13.9. The summed E-state index contributed by atoms with van der Waals surface area (Å²) in [5.41, 5.74) is 0. The number of likely N-dealkylation sites (N-methyl/N-ethyl adjacent to an activating group) is 1. The van der Waals surface area contributed by atoms with Crippen molar-refractivity contribution in [2.45, 2.75) is 296 Å². The average Bonchev–Trinajstić information content (AvgIpc) is 3.41. The molecule has 0 aromatic heterocycles. The first-order valence-electron chi connectivity index (χ1n) is 32.6. The average molecular weight is 1110 g/mol. The Morgan fingerprint density at radius 1 is 0.462 bits per heavy atom. The van der Waals surface area contributed by atoms with Gasteiger partial charge in [-0.2, -0.15) is 0 Å². The topological polar surface area (TPSA) is 108 Å². The number of amides is 1. The molecule has 3 atom stereocenters. The zero-order chi connectivity index (χ0) is 57.0. The summed E-state index contributed by atoms with van der Waals surface area (Å²) in [6.07, 6.45) is 85.1. The van der Waals surface area contributed by atoms with Gasteiger partial charge in [0, 0.05) is 6.42 Å². The van der Waals surface area contributed by atoms with E-state index >= 15 is 0 Å². The third-order valence-electron chi connectivity index (χ3n) is 14.3. The smallest absolute Gasteiger partial charge is 0.268 e. The van der Waals surface area contributed by atoms with Gasteiger partial charge in [0.05, 0.1) is 39.9 Å². The number of carbonyl (C=O) groups excluding carboxylic acids is 1. The van der Waals surface area contributed by atoms with Gasteiger partial charge in [-0.15, -0.1) is 0 Å². The molecule has 0 radical (unpaired) electrons. The molecule has 0 fully saturated rings. The molecule has 0 heterocycles. The van der Waals surface area contributed by atoms with Gasteiger partial charge in [0.2, 0.25) is 5.91 Å². The number of carbonyl (C=O) groups is 1. The Hall–Kier alpha value is -2.58. The molecule has 452 valence electrons. The van der Waals surface area contributed by atoms with E-state index in [0.717, 1.165) is 103 Å². The molecule has 1 amide bonds. The van der Waals surface area contributed by atoms with Crippen LogP contribution in [0, 0.1) is 0 Å². The maximum atomic E-state index is 13.0. The number of rotatable bonds is 59. The Kier molecular flexibility index (Phi) is 57.1. The number of phosphoric ester groups is 1. The normalized spacial score (nSPS) is 14.4. The number of hydrogen-bond donors (Lipinski definition) is 2. The first kappa shape index (κ1) is 75.4. The van der Waals surface area contributed by atoms with Crippen LogP contribution in [0.1, 0.15) is 284 Å². The molecule has 3 unspecified atom stereocenters. The summed E-state index contributed by atoms with van der Waals surface area (Å²) in [6.45, 7) is 4.54. The van der Waals surface area contributed by atoms with E-state index < -0.39 is 26.6 Å². The highest BCUT2D eigenvalue weighted by Crippen LogP contribution is 2.38. The SMILES string of the molecule is CC/C=C\C/C=C\C/C=C\C/C=C\C/C=C\C/C=C\C/C=C\CCCCCCCC(=O)NC(COP(=O)([O-])OCC[N+](C)(C)C)C(O)/C=C/CCCCCCCCCCCCCCCCCCCCCCCCCCCCC. The van der Waals surface area contributed by atoms with Crippen LogP contribution in [0.15, 0.2) is 97.2 Å². The second-order valence-electron chi connectivity index (χ2n) is 23.1. The van der Waals surface area contributed by atoms with Crippen LogP contribution in [0.25, 0.3) is 0 Å². The van der Waals surface area contributed by atoms with Gasteiger partial charge in [-0.25, -0.2) is 0 Å². The molecular weight excluding hydrogens is 984 g/mol. The van der Waals surface area contributed by atoms with Gasteiger partial charge in [-0.05, 0) is 77.0 Å². The van der Waals surface area contributed by atoms with Gasteiger partial charge in [-0.1, -0.05) is 297 Å². The number of allylic oxidation sites excluding steroid dienone is 15. The number of quaternary nitrogens is 1. The molecule has 0 rings (SSSR count). The standard InChI is InChI=1S/C69H125N2O6P/c1-6-8-10-12-14-16-18-20-22-24-26-28-30-32-34-35-37-38-40-42-44-46-48-50-52-54-56-58-60-62-68(72)67(66-77-78(74,75)76-65-64-71(3,4)5)70-69(73)63-61-59-57-55-53-51-49-47-45-43-41-39-36-33-31-29-27-25-23-21-19-17-15-13-11-9-7-2/h9,11,15,17,21,23,27,29,33,36,41,43,47,49,60,62,67-68,72H,6-8,10,12-14,16,18-20,22,24-26,28,30-32,34-35,37-40,42,44-46,48,50-59,61,63-66H2,1-5H3,(H-,70,73,74,75)/b11-9-,17-15-,23-21-,29-27-,36-33-,43-41-,49-47-,62-60+. The fourth-order valence-electron chi connectivity index (χ4n) is 9.25. The quantitative estimate of drug-likeness (QED) is 0.0272. The van der Waals surface area contributed by atoms with Crippen LogP contribution < -0.4 is 10.2 Å². The Balaban J connectivity index is 4.20. The van der Waals surface area contributed by atoms with E-state index in [1.165, 1.54) is 161 Å². The van der Waals surface area contributed by atoms with Crippen LogP contribution in [0.5, 0.6) is 0 Å². The van der Waals surface area contributed by atoms with E-state index in [9.17, 15) is 19.4 Å². The summed E-state index contributed by atoms with van der Waals surface area (Å²) in [6, 6.07) is -0.906. The molecule has 2 N–H and O–H groups in total. The minimum absolute atomic E-state index is 0.00990. The number of aliphatic hydroxyl groups is 1. The molecule has 0 aliphatic carbocycles. The van der Waals surface area contributed by atoms with Gasteiger partial charge in [0.25, 0.3) is 7.82 Å². The van der Waals surface area contributed by atoms with Crippen LogP contribution in [-0.4, -0.2) is 68.5 Å². The number of nitrogens with zero attached hydrogens (tertiary/aromatic N) is 1. The molecule has 0 aliphatic rings. The van der Waals surface area contributed by atoms with Crippen molar-refractivity contribution in [2.24, 2.45) is 0 Å². The van der Waals surface area contributed by atoms with Crippen LogP contribution in [0.4, 0.5) is 0 Å². The van der Waals surface area contributed by atoms with Crippen molar-refractivity contribution in [3.05, 3.63) is 97.2 Å². The summed E-state index contributed by atoms with van der Waals surface area (Å²) in [5.74, 6) is -0.217. The predicted molar refractivity (Wildman–Crippen MR) is 339 cm³/mol. The molecule has 0 saturated heterocycles. The van der Waals surface area contributed by atoms with Crippen molar-refractivity contribution in [3.63, 3.8) is 0 Å². The third-order valence-corrected chi connectivity index (χ3v) is 15.3. The second kappa shape index (κ2) is 59.1. The summed E-state index contributed by atoms with van der Waals surface area (Å²) >= 11 is 0. The van der Waals surface area contributed by atoms with E-state index in [0.29, 0.717) is 17.4 Å². The molecule has 9 heteroatoms. The molecule has 0 aromatic carbocycles. The fourth-order valence-corrected chi connectivity index (χ4v) is 9.98. The summed E-state index contributed by atoms with van der Waals surface area (Å²) in [4.78, 5) is 25.6. The zero-order valence-corrected chi connectivity index (χ0v) is 52.5. The Morgan fingerprint density at radius 3 is 1.14 bits per heavy atom. The minimum Gasteiger partial charge on any atom is -0.756 e. The fraction of sp³-hybridized carbons (Fsp3) is 0.754. The van der Waals surface area contributed by atoms with Crippen LogP contribution in [0.3, 0.4) is 0 Å². The molecule has 0 spiro atoms. The van der Waals surface area contributed by atoms with E-state index in [-0.39, 0.29) is 12.5 Å². The van der Waals surface area contributed by atoms with Crippen molar-refractivity contribution < 1.29 is 32.9 Å². The minimum atomic E-state index is -4.62. The molecule has 0 bridgehead atoms. The highest BCUT2D eigenvalue weighted by atomic mass is 31.2. The lowest BCUT2D eigenvalue weighted by atomic mass is 10.0. The molecule has 0 aromatic rings. The molecule has 0 aliphatic heterocycles. The van der Waals surface area contributed by atoms with E-state index in [1.54, 1.807) is 6.08 Å². The van der Waals surface area contributed by atoms with Gasteiger partial charge in [-0.3, -0.25) is 9.36 Å². The molecule has 0 saturated carbocycles. The number of unbranched alkanes of at least 4 members (excludes halogenated alkanes) is 32. The number of aliphatic hydroxyl groups excluding tert-OH is 1. The first-order chi connectivity index (χ1) is 38.0. The Bertz CT molecular complexity index is 1590. The maximum Gasteiger partial charge on any atom is 0.268 e. The summed E-state index contributed by atoms with van der Waals surface area (Å²) in [7, 11) is 1.24. The maximum absolute atomic E-state index is 13.0. The van der Waals surface area contributed by atoms with E-state index in [4.69, 9.17) is 9.05 Å². The Morgan fingerprint density at radius 2 is 0.782 bits per heavy atom. The van der Waals surface area contributed by atoms with Crippen molar-refractivity contribution in [1.82, 2.24) is 5.32 Å². The van der Waals surface area contributed by atoms with Crippen molar-refractivity contribution in [2.75, 3.05) is 40.9 Å². The number of phosphoric acid groups is 1. The monoisotopic (exact) mass is 1110 g/mol. The highest BCUT2D eigenvalue weighted by molar-refractivity contribution is 7.45. The predicted octanol–water partition coefficient (Wildman–Crippen LogP) is 19.9. The van der Waals surface area contributed by atoms with Crippen LogP contribution in [-0.2, 0) is 18.4 Å². The van der Waals surface area contributed by atoms with Gasteiger partial charge in [0.15, 0.2) is 0 Å². The van der Waals surface area contributed by atoms with Crippen molar-refractivity contribution in [3.8, 4) is 0 Å². The third kappa shape index (κ3) is 61.0. The van der Waals surface area contributed by atoms with Gasteiger partial charge >= 0.3 is 0 Å². The second-order valence-corrected chi connectivity index (χ2v) is 24.5. The number of nitrogens with one attached hydrogen (secondary N) is 1. The lowest BCUT2D eigenvalue weighted by Crippen LogP contribution is -2.45. The summed E-state index contributed by atoms with van der Waals surface area (Å²) < 4.78 is 23.4. The first-order valence-corrected chi connectivity index (χ1v) is 34.1. The lowest BCUT2D eigenvalue weighted by Gasteiger charge is -2.29.